The maximum atomic E-state index is 4.64. The van der Waals surface area contributed by atoms with E-state index in [0.717, 1.165) is 87.6 Å². The Morgan fingerprint density at radius 3 is 2.60 bits per heavy atom. The van der Waals surface area contributed by atoms with Crippen LogP contribution in [0.15, 0.2) is 6.07 Å². The average molecular weight is 485 g/mol. The minimum absolute atomic E-state index is 0.461. The molecule has 0 aromatic carbocycles. The first-order chi connectivity index (χ1) is 17.2. The third-order valence-electron chi connectivity index (χ3n) is 6.86. The van der Waals surface area contributed by atoms with Crippen LogP contribution < -0.4 is 26.6 Å². The molecule has 1 aliphatic carbocycles. The van der Waals surface area contributed by atoms with Gasteiger partial charge in [-0.2, -0.15) is 10.1 Å². The first-order valence-corrected chi connectivity index (χ1v) is 13.7. The predicted molar refractivity (Wildman–Crippen MR) is 141 cm³/mol. The van der Waals surface area contributed by atoms with Crippen LogP contribution in [0.3, 0.4) is 0 Å². The zero-order valence-electron chi connectivity index (χ0n) is 21.3. The number of nitrogens with one attached hydrogen (secondary N) is 6. The molecular formula is C25H44N10. The van der Waals surface area contributed by atoms with Crippen LogP contribution in [0.1, 0.15) is 75.1 Å². The molecule has 35 heavy (non-hydrogen) atoms. The second kappa shape index (κ2) is 14.3. The van der Waals surface area contributed by atoms with Gasteiger partial charge in [0, 0.05) is 30.3 Å². The summed E-state index contributed by atoms with van der Waals surface area (Å²) in [5.74, 6) is 3.16. The lowest BCUT2D eigenvalue weighted by molar-refractivity contribution is 0.371. The van der Waals surface area contributed by atoms with E-state index >= 15 is 0 Å². The Balaban J connectivity index is 1.09. The van der Waals surface area contributed by atoms with Gasteiger partial charge in [0.05, 0.1) is 6.54 Å². The predicted octanol–water partition coefficient (Wildman–Crippen LogP) is 2.51. The van der Waals surface area contributed by atoms with E-state index in [-0.39, 0.29) is 0 Å². The van der Waals surface area contributed by atoms with Crippen LogP contribution in [0, 0.1) is 6.92 Å². The van der Waals surface area contributed by atoms with Gasteiger partial charge in [-0.3, -0.25) is 5.10 Å². The Morgan fingerprint density at radius 2 is 1.74 bits per heavy atom. The minimum atomic E-state index is 0.461. The zero-order chi connectivity index (χ0) is 24.1. The third kappa shape index (κ3) is 9.35. The summed E-state index contributed by atoms with van der Waals surface area (Å²) in [5.41, 5.74) is 0.939. The second-order valence-electron chi connectivity index (χ2n) is 9.93. The zero-order valence-corrected chi connectivity index (χ0v) is 21.3. The highest BCUT2D eigenvalue weighted by Crippen LogP contribution is 2.17. The first kappa shape index (κ1) is 25.8. The number of hydrogen-bond donors (Lipinski definition) is 6. The van der Waals surface area contributed by atoms with Gasteiger partial charge < -0.3 is 26.6 Å². The van der Waals surface area contributed by atoms with Crippen molar-refractivity contribution >= 4 is 11.8 Å². The number of nitrogens with zero attached hydrogens (tertiary/aromatic N) is 4. The fraction of sp³-hybridized carbons (Fsp3) is 0.760. The molecule has 2 aromatic heterocycles. The molecule has 10 heteroatoms. The number of rotatable bonds is 14. The summed E-state index contributed by atoms with van der Waals surface area (Å²) < 4.78 is 0. The van der Waals surface area contributed by atoms with Gasteiger partial charge in [-0.15, -0.1) is 0 Å². The summed E-state index contributed by atoms with van der Waals surface area (Å²) in [4.78, 5) is 13.8. The Hall–Kier alpha value is -2.30. The van der Waals surface area contributed by atoms with E-state index in [0.29, 0.717) is 18.5 Å². The molecule has 3 heterocycles. The van der Waals surface area contributed by atoms with E-state index in [2.05, 4.69) is 51.7 Å². The van der Waals surface area contributed by atoms with Gasteiger partial charge in [0.1, 0.15) is 11.6 Å². The van der Waals surface area contributed by atoms with E-state index < -0.39 is 0 Å². The Labute approximate surface area is 209 Å². The van der Waals surface area contributed by atoms with Gasteiger partial charge >= 0.3 is 0 Å². The first-order valence-electron chi connectivity index (χ1n) is 13.7. The molecular weight excluding hydrogens is 440 g/mol. The smallest absolute Gasteiger partial charge is 0.225 e. The van der Waals surface area contributed by atoms with Crippen molar-refractivity contribution in [2.24, 2.45) is 0 Å². The van der Waals surface area contributed by atoms with Gasteiger partial charge in [0.15, 0.2) is 5.82 Å². The highest BCUT2D eigenvalue weighted by Gasteiger charge is 2.14. The molecule has 10 nitrogen and oxygen atoms in total. The maximum absolute atomic E-state index is 4.64. The van der Waals surface area contributed by atoms with Crippen LogP contribution in [0.4, 0.5) is 11.8 Å². The van der Waals surface area contributed by atoms with Gasteiger partial charge in [0.2, 0.25) is 5.95 Å². The maximum Gasteiger partial charge on any atom is 0.225 e. The van der Waals surface area contributed by atoms with Crippen molar-refractivity contribution < 1.29 is 0 Å². The van der Waals surface area contributed by atoms with Crippen molar-refractivity contribution in [3.05, 3.63) is 23.4 Å². The van der Waals surface area contributed by atoms with Gasteiger partial charge in [-0.1, -0.05) is 19.3 Å². The highest BCUT2D eigenvalue weighted by atomic mass is 15.2. The van der Waals surface area contributed by atoms with Gasteiger partial charge in [-0.05, 0) is 78.2 Å². The minimum Gasteiger partial charge on any atom is -0.367 e. The molecule has 2 aromatic rings. The molecule has 0 bridgehead atoms. The number of H-pyrrole nitrogens is 1. The molecule has 0 amide bonds. The number of hydrogen-bond acceptors (Lipinski definition) is 9. The molecule has 0 unspecified atom stereocenters. The van der Waals surface area contributed by atoms with Crippen molar-refractivity contribution in [2.45, 2.75) is 89.8 Å². The van der Waals surface area contributed by atoms with Gasteiger partial charge in [0.25, 0.3) is 0 Å². The van der Waals surface area contributed by atoms with E-state index in [1.54, 1.807) is 0 Å². The lowest BCUT2D eigenvalue weighted by Gasteiger charge is -2.24. The normalized spacial score (nSPS) is 17.5. The fourth-order valence-corrected chi connectivity index (χ4v) is 4.91. The lowest BCUT2D eigenvalue weighted by Crippen LogP contribution is -2.35. The van der Waals surface area contributed by atoms with E-state index in [9.17, 15) is 0 Å². The molecule has 4 rings (SSSR count). The second-order valence-corrected chi connectivity index (χ2v) is 9.93. The van der Waals surface area contributed by atoms with Crippen molar-refractivity contribution in [3.8, 4) is 0 Å². The molecule has 2 fully saturated rings. The van der Waals surface area contributed by atoms with Crippen LogP contribution in [0.5, 0.6) is 0 Å². The van der Waals surface area contributed by atoms with Crippen LogP contribution in [0.2, 0.25) is 0 Å². The Bertz CT molecular complexity index is 858. The quantitative estimate of drug-likeness (QED) is 0.224. The lowest BCUT2D eigenvalue weighted by atomic mass is 9.95. The summed E-state index contributed by atoms with van der Waals surface area (Å²) in [7, 11) is 0. The largest absolute Gasteiger partial charge is 0.367 e. The van der Waals surface area contributed by atoms with Gasteiger partial charge in [-0.25, -0.2) is 9.97 Å². The molecule has 0 spiro atoms. The topological polar surface area (TPSA) is 128 Å². The summed E-state index contributed by atoms with van der Waals surface area (Å²) >= 11 is 0. The fourth-order valence-electron chi connectivity index (χ4n) is 4.91. The molecule has 6 N–H and O–H groups in total. The Kier molecular flexibility index (Phi) is 10.5. The number of aromatic amines is 1. The highest BCUT2D eigenvalue weighted by molar-refractivity contribution is 5.43. The standard InChI is InChI=1S/C25H44N10/c1-19-17-23(31-21-10-15-27-16-11-21)33-25(30-19)29-18-24-32-22(34-35-24)9-5-12-26-13-6-14-28-20-7-3-2-4-8-20/h17,20-21,26-28H,2-16,18H2,1H3,(H,32,34,35)(H2,29,30,31,33). The number of aromatic nitrogens is 5. The molecule has 1 saturated heterocycles. The van der Waals surface area contributed by atoms with Crippen molar-refractivity contribution in [1.29, 1.82) is 0 Å². The SMILES string of the molecule is Cc1cc(NC2CCNCC2)nc(NCc2nc(CCCNCCCNC3CCCCC3)n[nH]2)n1. The third-order valence-corrected chi connectivity index (χ3v) is 6.86. The molecule has 2 aliphatic rings. The number of aryl methyl sites for hydroxylation is 2. The molecule has 194 valence electrons. The van der Waals surface area contributed by atoms with E-state index in [1.165, 1.54) is 38.5 Å². The molecule has 0 atom stereocenters. The molecule has 1 aliphatic heterocycles. The van der Waals surface area contributed by atoms with E-state index in [1.807, 2.05) is 13.0 Å². The monoisotopic (exact) mass is 484 g/mol. The number of anilines is 2. The number of piperidine rings is 1. The van der Waals surface area contributed by atoms with Crippen LogP contribution in [-0.4, -0.2) is 70.0 Å². The van der Waals surface area contributed by atoms with Crippen molar-refractivity contribution in [2.75, 3.05) is 43.4 Å². The van der Waals surface area contributed by atoms with E-state index in [4.69, 9.17) is 0 Å². The average Bonchev–Trinajstić information content (AvgIpc) is 3.33. The van der Waals surface area contributed by atoms with Crippen molar-refractivity contribution in [1.82, 2.24) is 41.1 Å². The summed E-state index contributed by atoms with van der Waals surface area (Å²) in [6.45, 7) is 7.80. The van der Waals surface area contributed by atoms with Crippen molar-refractivity contribution in [3.63, 3.8) is 0 Å². The Morgan fingerprint density at radius 1 is 0.914 bits per heavy atom. The van der Waals surface area contributed by atoms with Crippen LogP contribution >= 0.6 is 0 Å². The van der Waals surface area contributed by atoms with Crippen LogP contribution in [-0.2, 0) is 13.0 Å². The summed E-state index contributed by atoms with van der Waals surface area (Å²) in [6, 6.07) is 3.22. The molecule has 0 radical (unpaired) electrons. The molecule has 1 saturated carbocycles. The van der Waals surface area contributed by atoms with Crippen LogP contribution in [0.25, 0.3) is 0 Å². The summed E-state index contributed by atoms with van der Waals surface area (Å²) in [6.07, 6.45) is 12.2. The summed E-state index contributed by atoms with van der Waals surface area (Å²) in [5, 5.41) is 24.9.